The lowest BCUT2D eigenvalue weighted by Gasteiger charge is -2.24. The summed E-state index contributed by atoms with van der Waals surface area (Å²) in [5.41, 5.74) is 12.1. The Morgan fingerprint density at radius 2 is 2.03 bits per heavy atom. The molecule has 0 aliphatic carbocycles. The van der Waals surface area contributed by atoms with E-state index in [1.54, 1.807) is 0 Å². The number of nitrogens with one attached hydrogen (secondary N) is 1. The summed E-state index contributed by atoms with van der Waals surface area (Å²) in [6.45, 7) is 0.511. The number of hydrogen-bond acceptors (Lipinski definition) is 11. The molecule has 1 aliphatic heterocycles. The fourth-order valence-corrected chi connectivity index (χ4v) is 3.68. The van der Waals surface area contributed by atoms with Gasteiger partial charge in [-0.2, -0.15) is 0 Å². The second-order valence-corrected chi connectivity index (χ2v) is 7.62. The minimum atomic E-state index is -1.24. The van der Waals surface area contributed by atoms with Crippen molar-refractivity contribution < 1.29 is 30.0 Å². The quantitative estimate of drug-likeness (QED) is 0.188. The molecule has 172 valence electrons. The van der Waals surface area contributed by atoms with Crippen LogP contribution in [-0.2, 0) is 9.53 Å². The van der Waals surface area contributed by atoms with Crippen LogP contribution in [0.15, 0.2) is 12.7 Å². The van der Waals surface area contributed by atoms with Crippen LogP contribution in [0.4, 0.5) is 5.82 Å². The summed E-state index contributed by atoms with van der Waals surface area (Å²) in [7, 11) is 0. The highest BCUT2D eigenvalue weighted by molar-refractivity contribution is 5.81. The number of aliphatic hydroxyl groups excluding tert-OH is 3. The van der Waals surface area contributed by atoms with Gasteiger partial charge in [0.05, 0.1) is 12.4 Å². The van der Waals surface area contributed by atoms with Gasteiger partial charge < -0.3 is 41.9 Å². The molecule has 9 N–H and O–H groups in total. The Labute approximate surface area is 178 Å². The van der Waals surface area contributed by atoms with E-state index in [1.165, 1.54) is 17.2 Å². The second kappa shape index (κ2) is 10.3. The van der Waals surface area contributed by atoms with Crippen molar-refractivity contribution in [2.75, 3.05) is 18.9 Å². The smallest absolute Gasteiger partial charge is 0.320 e. The molecule has 1 saturated heterocycles. The SMILES string of the molecule is Nc1ncnc2c1ncn2[C@@H]1O[C@H](C[C@H](CC[C@@H](N)C(=O)O)NCCCO)[C@@H](O)[C@H]1O. The number of rotatable bonds is 11. The second-order valence-electron chi connectivity index (χ2n) is 7.62. The van der Waals surface area contributed by atoms with Crippen molar-refractivity contribution in [2.45, 2.75) is 62.3 Å². The van der Waals surface area contributed by atoms with Gasteiger partial charge in [-0.1, -0.05) is 0 Å². The molecule has 2 aromatic rings. The standard InChI is InChI=1S/C18H29N7O6/c19-10(18(29)30)3-2-9(21-4-1-5-26)6-11-13(27)14(28)17(31-11)25-8-24-12-15(20)22-7-23-16(12)25/h7-11,13-14,17,21,26-28H,1-6,19H2,(H,29,30)(H2,20,22,23)/t9-,10+,11+,13+,14+,17+/m0/s1. The first-order valence-corrected chi connectivity index (χ1v) is 10.1. The van der Waals surface area contributed by atoms with Crippen LogP contribution in [0.25, 0.3) is 11.2 Å². The number of fused-ring (bicyclic) bond motifs is 1. The fraction of sp³-hybridized carbons (Fsp3) is 0.667. The Balaban J connectivity index is 1.71. The van der Waals surface area contributed by atoms with Crippen LogP contribution >= 0.6 is 0 Å². The summed E-state index contributed by atoms with van der Waals surface area (Å²) in [5, 5.41) is 42.4. The molecule has 0 spiro atoms. The highest BCUT2D eigenvalue weighted by Crippen LogP contribution is 2.34. The molecular weight excluding hydrogens is 410 g/mol. The monoisotopic (exact) mass is 439 g/mol. The summed E-state index contributed by atoms with van der Waals surface area (Å²) in [5.74, 6) is -0.897. The van der Waals surface area contributed by atoms with Crippen LogP contribution in [0.5, 0.6) is 0 Å². The van der Waals surface area contributed by atoms with Gasteiger partial charge in [0.15, 0.2) is 17.7 Å². The van der Waals surface area contributed by atoms with Crippen LogP contribution in [0.2, 0.25) is 0 Å². The molecule has 13 nitrogen and oxygen atoms in total. The lowest BCUT2D eigenvalue weighted by Crippen LogP contribution is -2.40. The van der Waals surface area contributed by atoms with E-state index in [2.05, 4.69) is 20.3 Å². The van der Waals surface area contributed by atoms with E-state index >= 15 is 0 Å². The molecule has 1 fully saturated rings. The summed E-state index contributed by atoms with van der Waals surface area (Å²) < 4.78 is 7.45. The number of nitrogens with two attached hydrogens (primary N) is 2. The normalized spacial score (nSPS) is 25.7. The van der Waals surface area contributed by atoms with Crippen molar-refractivity contribution in [2.24, 2.45) is 5.73 Å². The predicted molar refractivity (Wildman–Crippen MR) is 109 cm³/mol. The molecule has 3 rings (SSSR count). The zero-order valence-electron chi connectivity index (χ0n) is 16.9. The van der Waals surface area contributed by atoms with Crippen molar-refractivity contribution >= 4 is 23.0 Å². The molecule has 0 bridgehead atoms. The highest BCUT2D eigenvalue weighted by Gasteiger charge is 2.45. The maximum Gasteiger partial charge on any atom is 0.320 e. The van der Waals surface area contributed by atoms with E-state index in [9.17, 15) is 15.0 Å². The van der Waals surface area contributed by atoms with Crippen LogP contribution in [-0.4, -0.2) is 89.5 Å². The van der Waals surface area contributed by atoms with E-state index < -0.39 is 36.6 Å². The molecule has 2 aromatic heterocycles. The number of ether oxygens (including phenoxy) is 1. The van der Waals surface area contributed by atoms with Crippen molar-refractivity contribution in [3.8, 4) is 0 Å². The van der Waals surface area contributed by atoms with E-state index in [1.807, 2.05) is 0 Å². The molecule has 1 aliphatic rings. The topological polar surface area (TPSA) is 215 Å². The van der Waals surface area contributed by atoms with Crippen LogP contribution in [0.1, 0.15) is 31.9 Å². The maximum absolute atomic E-state index is 11.0. The molecule has 0 unspecified atom stereocenters. The number of aliphatic carboxylic acids is 1. The molecule has 0 radical (unpaired) electrons. The number of hydrogen-bond donors (Lipinski definition) is 7. The van der Waals surface area contributed by atoms with E-state index in [4.69, 9.17) is 26.4 Å². The molecule has 6 atom stereocenters. The third kappa shape index (κ3) is 5.26. The Morgan fingerprint density at radius 1 is 1.26 bits per heavy atom. The Morgan fingerprint density at radius 3 is 2.74 bits per heavy atom. The summed E-state index contributed by atoms with van der Waals surface area (Å²) >= 11 is 0. The summed E-state index contributed by atoms with van der Waals surface area (Å²) in [6.07, 6.45) is 0.0734. The highest BCUT2D eigenvalue weighted by atomic mass is 16.6. The number of imidazole rings is 1. The van der Waals surface area contributed by atoms with Gasteiger partial charge in [-0.15, -0.1) is 0 Å². The van der Waals surface area contributed by atoms with Crippen molar-refractivity contribution in [1.82, 2.24) is 24.8 Å². The molecular formula is C18H29N7O6. The van der Waals surface area contributed by atoms with E-state index in [-0.39, 0.29) is 24.9 Å². The van der Waals surface area contributed by atoms with Crippen LogP contribution in [0.3, 0.4) is 0 Å². The number of nitrogens with zero attached hydrogens (tertiary/aromatic N) is 4. The Bertz CT molecular complexity index is 880. The third-order valence-electron chi connectivity index (χ3n) is 5.43. The number of anilines is 1. The van der Waals surface area contributed by atoms with Gasteiger partial charge in [0.1, 0.15) is 30.1 Å². The molecule has 0 aromatic carbocycles. The number of carboxylic acids is 1. The molecule has 3 heterocycles. The average molecular weight is 439 g/mol. The van der Waals surface area contributed by atoms with Crippen molar-refractivity contribution in [3.63, 3.8) is 0 Å². The predicted octanol–water partition coefficient (Wildman–Crippen LogP) is -2.05. The lowest BCUT2D eigenvalue weighted by molar-refractivity contribution is -0.138. The largest absolute Gasteiger partial charge is 0.480 e. The van der Waals surface area contributed by atoms with Crippen LogP contribution in [0, 0.1) is 0 Å². The van der Waals surface area contributed by atoms with Gasteiger partial charge in [-0.25, -0.2) is 15.0 Å². The molecule has 31 heavy (non-hydrogen) atoms. The first-order chi connectivity index (χ1) is 14.8. The number of carbonyl (C=O) groups is 1. The van der Waals surface area contributed by atoms with Crippen molar-refractivity contribution in [3.05, 3.63) is 12.7 Å². The minimum Gasteiger partial charge on any atom is -0.480 e. The first kappa shape index (κ1) is 23.2. The molecule has 13 heteroatoms. The number of aromatic nitrogens is 4. The average Bonchev–Trinajstić information content (AvgIpc) is 3.29. The van der Waals surface area contributed by atoms with E-state index in [0.717, 1.165) is 0 Å². The van der Waals surface area contributed by atoms with Crippen molar-refractivity contribution in [1.29, 1.82) is 0 Å². The van der Waals surface area contributed by atoms with Gasteiger partial charge in [0, 0.05) is 12.6 Å². The van der Waals surface area contributed by atoms with Gasteiger partial charge in [-0.05, 0) is 32.2 Å². The minimum absolute atomic E-state index is 0.0103. The zero-order chi connectivity index (χ0) is 22.5. The Hall–Kier alpha value is -2.42. The number of carboxylic acid groups (broad SMARTS) is 1. The molecule has 0 saturated carbocycles. The lowest BCUT2D eigenvalue weighted by atomic mass is 9.97. The third-order valence-corrected chi connectivity index (χ3v) is 5.43. The first-order valence-electron chi connectivity index (χ1n) is 10.1. The zero-order valence-corrected chi connectivity index (χ0v) is 16.9. The summed E-state index contributed by atoms with van der Waals surface area (Å²) in [6, 6.07) is -1.24. The van der Waals surface area contributed by atoms with Gasteiger partial charge >= 0.3 is 5.97 Å². The van der Waals surface area contributed by atoms with Gasteiger partial charge in [0.25, 0.3) is 0 Å². The fourth-order valence-electron chi connectivity index (χ4n) is 3.68. The number of aliphatic hydroxyl groups is 3. The number of nitrogen functional groups attached to an aromatic ring is 1. The van der Waals surface area contributed by atoms with Crippen LogP contribution < -0.4 is 16.8 Å². The van der Waals surface area contributed by atoms with E-state index in [0.29, 0.717) is 37.0 Å². The Kier molecular flexibility index (Phi) is 7.69. The summed E-state index contributed by atoms with van der Waals surface area (Å²) in [4.78, 5) is 23.2. The van der Waals surface area contributed by atoms with Gasteiger partial charge in [0.2, 0.25) is 0 Å². The maximum atomic E-state index is 11.0. The van der Waals surface area contributed by atoms with Gasteiger partial charge in [-0.3, -0.25) is 9.36 Å². The molecule has 0 amide bonds.